The van der Waals surface area contributed by atoms with E-state index >= 15 is 0 Å². The number of pyridine rings is 1. The van der Waals surface area contributed by atoms with Crippen molar-refractivity contribution in [3.8, 4) is 5.75 Å². The molecule has 2 saturated heterocycles. The molecule has 0 radical (unpaired) electrons. The first-order valence-electron chi connectivity index (χ1n) is 13.3. The minimum Gasteiger partial charge on any atom is -0.507 e. The number of aromatic nitrogens is 1. The number of aliphatic hydroxyl groups excluding tert-OH is 1. The molecule has 2 aromatic carbocycles. The number of carbonyl (C=O) groups is 2. The topological polar surface area (TPSA) is 92.2 Å². The molecule has 1 atom stereocenters. The first-order chi connectivity index (χ1) is 19.0. The molecular formula is C31H33N3O5. The maximum Gasteiger partial charge on any atom is 0.295 e. The van der Waals surface area contributed by atoms with Gasteiger partial charge in [0.2, 0.25) is 0 Å². The molecule has 1 N–H and O–H groups in total. The average molecular weight is 528 g/mol. The molecule has 2 fully saturated rings. The molecule has 1 amide bonds. The lowest BCUT2D eigenvalue weighted by molar-refractivity contribution is -0.140. The Bertz CT molecular complexity index is 1330. The van der Waals surface area contributed by atoms with Crippen LogP contribution in [0.4, 0.5) is 0 Å². The molecule has 3 aromatic rings. The summed E-state index contributed by atoms with van der Waals surface area (Å²) in [5.74, 6) is -0.860. The van der Waals surface area contributed by atoms with Gasteiger partial charge in [0.15, 0.2) is 0 Å². The van der Waals surface area contributed by atoms with Crippen LogP contribution in [0.1, 0.15) is 34.7 Å². The summed E-state index contributed by atoms with van der Waals surface area (Å²) in [6, 6.07) is 17.9. The number of likely N-dealkylation sites (tertiary alicyclic amines) is 1. The van der Waals surface area contributed by atoms with Gasteiger partial charge in [-0.1, -0.05) is 35.9 Å². The molecule has 3 heterocycles. The normalized spacial score (nSPS) is 19.4. The average Bonchev–Trinajstić information content (AvgIpc) is 3.22. The molecule has 5 rings (SSSR count). The Hall–Kier alpha value is -4.01. The quantitative estimate of drug-likeness (QED) is 0.254. The molecule has 1 unspecified atom stereocenters. The van der Waals surface area contributed by atoms with Crippen molar-refractivity contribution >= 4 is 17.4 Å². The van der Waals surface area contributed by atoms with Gasteiger partial charge in [-0.3, -0.25) is 19.5 Å². The summed E-state index contributed by atoms with van der Waals surface area (Å²) in [6.45, 7) is 6.77. The van der Waals surface area contributed by atoms with Crippen LogP contribution >= 0.6 is 0 Å². The zero-order chi connectivity index (χ0) is 27.2. The van der Waals surface area contributed by atoms with E-state index in [4.69, 9.17) is 9.47 Å². The number of aliphatic hydroxyl groups is 1. The summed E-state index contributed by atoms with van der Waals surface area (Å²) in [5.41, 5.74) is 3.43. The Morgan fingerprint density at radius 3 is 2.56 bits per heavy atom. The predicted molar refractivity (Wildman–Crippen MR) is 147 cm³/mol. The highest BCUT2D eigenvalue weighted by Crippen LogP contribution is 2.39. The second kappa shape index (κ2) is 12.2. The van der Waals surface area contributed by atoms with E-state index < -0.39 is 17.7 Å². The van der Waals surface area contributed by atoms with Gasteiger partial charge in [-0.15, -0.1) is 0 Å². The molecule has 2 aliphatic rings. The molecule has 8 heteroatoms. The van der Waals surface area contributed by atoms with E-state index in [-0.39, 0.29) is 11.3 Å². The van der Waals surface area contributed by atoms with Crippen LogP contribution in [0.5, 0.6) is 5.75 Å². The van der Waals surface area contributed by atoms with Gasteiger partial charge in [0, 0.05) is 44.1 Å². The van der Waals surface area contributed by atoms with Crippen LogP contribution in [0.2, 0.25) is 0 Å². The van der Waals surface area contributed by atoms with Crippen molar-refractivity contribution in [1.29, 1.82) is 0 Å². The van der Waals surface area contributed by atoms with Gasteiger partial charge in [0.25, 0.3) is 11.7 Å². The van der Waals surface area contributed by atoms with E-state index in [0.29, 0.717) is 49.7 Å². The molecule has 0 spiro atoms. The third kappa shape index (κ3) is 6.19. The van der Waals surface area contributed by atoms with Crippen LogP contribution in [0.15, 0.2) is 78.6 Å². The third-order valence-corrected chi connectivity index (χ3v) is 7.13. The minimum absolute atomic E-state index is 0.0767. The van der Waals surface area contributed by atoms with Gasteiger partial charge in [-0.2, -0.15) is 0 Å². The van der Waals surface area contributed by atoms with Gasteiger partial charge in [0.05, 0.1) is 24.8 Å². The van der Waals surface area contributed by atoms with Crippen LogP contribution in [0, 0.1) is 6.92 Å². The number of hydrogen-bond donors (Lipinski definition) is 1. The lowest BCUT2D eigenvalue weighted by atomic mass is 9.96. The smallest absolute Gasteiger partial charge is 0.295 e. The first kappa shape index (κ1) is 26.6. The predicted octanol–water partition coefficient (Wildman–Crippen LogP) is 4.11. The van der Waals surface area contributed by atoms with Crippen LogP contribution in [0.25, 0.3) is 5.76 Å². The number of ether oxygens (including phenoxy) is 2. The lowest BCUT2D eigenvalue weighted by Crippen LogP contribution is -2.39. The fraction of sp³-hybridized carbons (Fsp3) is 0.323. The highest BCUT2D eigenvalue weighted by Gasteiger charge is 2.45. The van der Waals surface area contributed by atoms with E-state index in [9.17, 15) is 14.7 Å². The number of Topliss-reactive ketones (excluding diaryl/α,β-unsaturated/α-hetero) is 1. The molecule has 0 saturated carbocycles. The Morgan fingerprint density at radius 2 is 1.85 bits per heavy atom. The summed E-state index contributed by atoms with van der Waals surface area (Å²) < 4.78 is 11.3. The molecule has 8 nitrogen and oxygen atoms in total. The zero-order valence-corrected chi connectivity index (χ0v) is 22.1. The number of amides is 1. The van der Waals surface area contributed by atoms with Crippen molar-refractivity contribution < 1.29 is 24.2 Å². The Morgan fingerprint density at radius 1 is 1.05 bits per heavy atom. The van der Waals surface area contributed by atoms with E-state index in [1.807, 2.05) is 31.2 Å². The van der Waals surface area contributed by atoms with E-state index in [1.165, 1.54) is 0 Å². The van der Waals surface area contributed by atoms with Crippen LogP contribution in [-0.2, 0) is 20.9 Å². The van der Waals surface area contributed by atoms with Gasteiger partial charge >= 0.3 is 0 Å². The second-order valence-electron chi connectivity index (χ2n) is 9.89. The Labute approximate surface area is 228 Å². The Balaban J connectivity index is 1.36. The molecular weight excluding hydrogens is 494 g/mol. The fourth-order valence-electron chi connectivity index (χ4n) is 5.12. The molecule has 0 aliphatic carbocycles. The van der Waals surface area contributed by atoms with Crippen LogP contribution in [-0.4, -0.2) is 71.0 Å². The van der Waals surface area contributed by atoms with E-state index in [1.54, 1.807) is 47.6 Å². The highest BCUT2D eigenvalue weighted by molar-refractivity contribution is 6.46. The number of nitrogens with zero attached hydrogens (tertiary/aromatic N) is 3. The third-order valence-electron chi connectivity index (χ3n) is 7.13. The highest BCUT2D eigenvalue weighted by atomic mass is 16.5. The summed E-state index contributed by atoms with van der Waals surface area (Å²) in [5, 5.41) is 11.3. The van der Waals surface area contributed by atoms with Crippen molar-refractivity contribution in [1.82, 2.24) is 14.8 Å². The molecule has 202 valence electrons. The fourth-order valence-corrected chi connectivity index (χ4v) is 5.12. The van der Waals surface area contributed by atoms with Crippen LogP contribution in [0.3, 0.4) is 0 Å². The number of aryl methyl sites for hydroxylation is 1. The minimum atomic E-state index is -0.708. The second-order valence-corrected chi connectivity index (χ2v) is 9.89. The standard InChI is InChI=1S/C31H33N3O5/c1-22-5-2-6-23(19-22)21-39-26-10-8-24(9-11-26)29(35)27-28(25-7-3-12-32-20-25)34(31(37)30(27)36)14-4-13-33-15-17-38-18-16-33/h2-3,5-12,19-20,28,35H,4,13-18,21H2,1H3/b29-27+. The lowest BCUT2D eigenvalue weighted by Gasteiger charge is -2.29. The summed E-state index contributed by atoms with van der Waals surface area (Å²) in [7, 11) is 0. The van der Waals surface area contributed by atoms with Gasteiger partial charge in [0.1, 0.15) is 18.1 Å². The summed E-state index contributed by atoms with van der Waals surface area (Å²) in [4.78, 5) is 34.5. The molecule has 39 heavy (non-hydrogen) atoms. The van der Waals surface area contributed by atoms with Crippen molar-refractivity contribution in [3.63, 3.8) is 0 Å². The molecule has 1 aromatic heterocycles. The summed E-state index contributed by atoms with van der Waals surface area (Å²) in [6.07, 6.45) is 3.99. The van der Waals surface area contributed by atoms with Crippen molar-refractivity contribution in [2.45, 2.75) is 26.0 Å². The first-order valence-corrected chi connectivity index (χ1v) is 13.3. The van der Waals surface area contributed by atoms with E-state index in [0.717, 1.165) is 30.8 Å². The van der Waals surface area contributed by atoms with Gasteiger partial charge < -0.3 is 19.5 Å². The number of rotatable bonds is 9. The van der Waals surface area contributed by atoms with Crippen molar-refractivity contribution in [3.05, 3.63) is 101 Å². The monoisotopic (exact) mass is 527 g/mol. The Kier molecular flexibility index (Phi) is 8.34. The molecule has 2 aliphatic heterocycles. The van der Waals surface area contributed by atoms with Gasteiger partial charge in [-0.25, -0.2) is 0 Å². The maximum atomic E-state index is 13.3. The summed E-state index contributed by atoms with van der Waals surface area (Å²) >= 11 is 0. The number of carbonyl (C=O) groups excluding carboxylic acids is 2. The van der Waals surface area contributed by atoms with Crippen molar-refractivity contribution in [2.75, 3.05) is 39.4 Å². The largest absolute Gasteiger partial charge is 0.507 e. The maximum absolute atomic E-state index is 13.3. The number of benzene rings is 2. The SMILES string of the molecule is Cc1cccc(COc2ccc(/C(O)=C3\C(=O)C(=O)N(CCCN4CCOCC4)C3c3cccnc3)cc2)c1. The van der Waals surface area contributed by atoms with Gasteiger partial charge in [-0.05, 0) is 54.8 Å². The molecule has 0 bridgehead atoms. The van der Waals surface area contributed by atoms with Crippen molar-refractivity contribution in [2.24, 2.45) is 0 Å². The number of hydrogen-bond acceptors (Lipinski definition) is 7. The van der Waals surface area contributed by atoms with E-state index in [2.05, 4.69) is 16.0 Å². The van der Waals surface area contributed by atoms with Crippen LogP contribution < -0.4 is 4.74 Å². The zero-order valence-electron chi connectivity index (χ0n) is 22.1. The number of ketones is 1. The number of morpholine rings is 1.